The number of nitriles is 1. The zero-order valence-electron chi connectivity index (χ0n) is 18.7. The SMILES string of the molecule is COC(=O)C1=C(C)OC(N)=C(C#N)[C@@H]1c1cc(C)cc(COc2ccc(Cl)cc2C)c1C. The number of nitrogens with two attached hydrogens (primary N) is 1. The summed E-state index contributed by atoms with van der Waals surface area (Å²) < 4.78 is 16.5. The number of hydrogen-bond acceptors (Lipinski definition) is 6. The van der Waals surface area contributed by atoms with E-state index in [1.54, 1.807) is 13.0 Å². The maximum Gasteiger partial charge on any atom is 0.338 e. The fraction of sp³-hybridized carbons (Fsp3) is 0.280. The van der Waals surface area contributed by atoms with E-state index >= 15 is 0 Å². The Balaban J connectivity index is 2.08. The van der Waals surface area contributed by atoms with Crippen molar-refractivity contribution in [2.24, 2.45) is 5.73 Å². The van der Waals surface area contributed by atoms with E-state index in [2.05, 4.69) is 6.07 Å². The molecule has 32 heavy (non-hydrogen) atoms. The summed E-state index contributed by atoms with van der Waals surface area (Å²) in [5.41, 5.74) is 10.9. The third-order valence-electron chi connectivity index (χ3n) is 5.54. The number of methoxy groups -OCH3 is 1. The Morgan fingerprint density at radius 3 is 2.56 bits per heavy atom. The molecule has 1 heterocycles. The van der Waals surface area contributed by atoms with E-state index in [-0.39, 0.29) is 17.0 Å². The first-order valence-corrected chi connectivity index (χ1v) is 10.4. The van der Waals surface area contributed by atoms with Crippen LogP contribution in [0.3, 0.4) is 0 Å². The van der Waals surface area contributed by atoms with Gasteiger partial charge >= 0.3 is 5.97 Å². The molecule has 0 saturated carbocycles. The zero-order chi connectivity index (χ0) is 23.6. The van der Waals surface area contributed by atoms with E-state index in [1.807, 2.05) is 45.0 Å². The van der Waals surface area contributed by atoms with Gasteiger partial charge < -0.3 is 19.9 Å². The number of carbonyl (C=O) groups excluding carboxylic acids is 1. The molecule has 0 amide bonds. The molecule has 0 unspecified atom stereocenters. The number of benzene rings is 2. The van der Waals surface area contributed by atoms with Crippen molar-refractivity contribution in [3.63, 3.8) is 0 Å². The minimum Gasteiger partial charge on any atom is -0.489 e. The van der Waals surface area contributed by atoms with Crippen LogP contribution in [0.2, 0.25) is 5.02 Å². The molecule has 3 rings (SSSR count). The van der Waals surface area contributed by atoms with Gasteiger partial charge in [-0.2, -0.15) is 5.26 Å². The highest BCUT2D eigenvalue weighted by Crippen LogP contribution is 2.41. The van der Waals surface area contributed by atoms with E-state index in [0.717, 1.165) is 33.6 Å². The van der Waals surface area contributed by atoms with Crippen LogP contribution in [-0.4, -0.2) is 13.1 Å². The fourth-order valence-electron chi connectivity index (χ4n) is 3.91. The van der Waals surface area contributed by atoms with Crippen LogP contribution in [0.25, 0.3) is 0 Å². The normalized spacial score (nSPS) is 15.8. The Morgan fingerprint density at radius 1 is 1.22 bits per heavy atom. The maximum absolute atomic E-state index is 12.6. The first-order valence-electron chi connectivity index (χ1n) is 10.0. The third-order valence-corrected chi connectivity index (χ3v) is 5.78. The number of esters is 1. The number of halogens is 1. The minimum absolute atomic E-state index is 0.0156. The summed E-state index contributed by atoms with van der Waals surface area (Å²) in [5, 5.41) is 10.5. The van der Waals surface area contributed by atoms with Crippen LogP contribution in [0.1, 0.15) is 40.7 Å². The molecular weight excluding hydrogens is 428 g/mol. The molecule has 2 aromatic rings. The lowest BCUT2D eigenvalue weighted by atomic mass is 9.79. The van der Waals surface area contributed by atoms with Gasteiger partial charge in [-0.3, -0.25) is 0 Å². The highest BCUT2D eigenvalue weighted by Gasteiger charge is 2.37. The van der Waals surface area contributed by atoms with E-state index in [0.29, 0.717) is 17.4 Å². The van der Waals surface area contributed by atoms with Crippen molar-refractivity contribution in [2.75, 3.05) is 7.11 Å². The number of allylic oxidation sites excluding steroid dienone is 2. The molecule has 0 saturated heterocycles. The largest absolute Gasteiger partial charge is 0.489 e. The molecule has 0 spiro atoms. The molecule has 0 bridgehead atoms. The van der Waals surface area contributed by atoms with Crippen LogP contribution < -0.4 is 10.5 Å². The Kier molecular flexibility index (Phi) is 6.81. The highest BCUT2D eigenvalue weighted by atomic mass is 35.5. The molecule has 0 aliphatic carbocycles. The second kappa shape index (κ2) is 9.37. The molecule has 2 N–H and O–H groups in total. The maximum atomic E-state index is 12.6. The van der Waals surface area contributed by atoms with Gasteiger partial charge in [0.1, 0.15) is 29.8 Å². The Labute approximate surface area is 192 Å². The molecule has 0 fully saturated rings. The van der Waals surface area contributed by atoms with Crippen LogP contribution in [0.15, 0.2) is 53.1 Å². The molecule has 0 aromatic heterocycles. The molecule has 1 aliphatic heterocycles. The van der Waals surface area contributed by atoms with E-state index in [1.165, 1.54) is 7.11 Å². The molecule has 2 aromatic carbocycles. The number of hydrogen-bond donors (Lipinski definition) is 1. The van der Waals surface area contributed by atoms with Gasteiger partial charge in [-0.25, -0.2) is 4.79 Å². The van der Waals surface area contributed by atoms with Crippen molar-refractivity contribution < 1.29 is 19.0 Å². The molecule has 1 atom stereocenters. The number of rotatable bonds is 5. The van der Waals surface area contributed by atoms with Crippen molar-refractivity contribution >= 4 is 17.6 Å². The van der Waals surface area contributed by atoms with Gasteiger partial charge in [0.15, 0.2) is 0 Å². The number of aryl methyl sites for hydroxylation is 2. The van der Waals surface area contributed by atoms with E-state index < -0.39 is 11.9 Å². The lowest BCUT2D eigenvalue weighted by molar-refractivity contribution is -0.136. The van der Waals surface area contributed by atoms with Crippen molar-refractivity contribution in [1.82, 2.24) is 0 Å². The molecule has 0 radical (unpaired) electrons. The summed E-state index contributed by atoms with van der Waals surface area (Å²) in [6, 6.07) is 11.5. The van der Waals surface area contributed by atoms with Crippen molar-refractivity contribution in [2.45, 2.75) is 40.2 Å². The topological polar surface area (TPSA) is 94.6 Å². The van der Waals surface area contributed by atoms with Crippen LogP contribution in [0, 0.1) is 32.1 Å². The molecule has 7 heteroatoms. The van der Waals surface area contributed by atoms with E-state index in [4.69, 9.17) is 31.5 Å². The van der Waals surface area contributed by atoms with Gasteiger partial charge in [0.05, 0.1) is 18.6 Å². The van der Waals surface area contributed by atoms with Crippen LogP contribution in [-0.2, 0) is 20.9 Å². The van der Waals surface area contributed by atoms with Gasteiger partial charge in [0.2, 0.25) is 5.88 Å². The minimum atomic E-state index is -0.697. The average molecular weight is 453 g/mol. The van der Waals surface area contributed by atoms with Gasteiger partial charge in [-0.05, 0) is 68.1 Å². The summed E-state index contributed by atoms with van der Waals surface area (Å²) in [4.78, 5) is 12.6. The van der Waals surface area contributed by atoms with Crippen molar-refractivity contribution in [1.29, 1.82) is 5.26 Å². The first kappa shape index (κ1) is 23.2. The van der Waals surface area contributed by atoms with Gasteiger partial charge in [-0.15, -0.1) is 0 Å². The summed E-state index contributed by atoms with van der Waals surface area (Å²) >= 11 is 6.04. The van der Waals surface area contributed by atoms with Gasteiger partial charge in [0, 0.05) is 5.02 Å². The van der Waals surface area contributed by atoms with Crippen molar-refractivity contribution in [3.05, 3.63) is 86.0 Å². The fourth-order valence-corrected chi connectivity index (χ4v) is 4.14. The second-order valence-corrected chi connectivity index (χ2v) is 8.16. The monoisotopic (exact) mass is 452 g/mol. The summed E-state index contributed by atoms with van der Waals surface area (Å²) in [7, 11) is 1.30. The lowest BCUT2D eigenvalue weighted by Crippen LogP contribution is -2.25. The van der Waals surface area contributed by atoms with Crippen LogP contribution in [0.4, 0.5) is 0 Å². The number of carbonyl (C=O) groups is 1. The van der Waals surface area contributed by atoms with Crippen LogP contribution >= 0.6 is 11.6 Å². The lowest BCUT2D eigenvalue weighted by Gasteiger charge is -2.28. The van der Waals surface area contributed by atoms with Gasteiger partial charge in [0.25, 0.3) is 0 Å². The predicted octanol–water partition coefficient (Wildman–Crippen LogP) is 5.10. The Bertz CT molecular complexity index is 1190. The van der Waals surface area contributed by atoms with E-state index in [9.17, 15) is 10.1 Å². The number of ether oxygens (including phenoxy) is 3. The Hall–Kier alpha value is -3.43. The van der Waals surface area contributed by atoms with Crippen molar-refractivity contribution in [3.8, 4) is 11.8 Å². The predicted molar refractivity (Wildman–Crippen MR) is 122 cm³/mol. The molecular formula is C25H25ClN2O4. The molecule has 1 aliphatic rings. The summed E-state index contributed by atoms with van der Waals surface area (Å²) in [6.45, 7) is 7.77. The zero-order valence-corrected chi connectivity index (χ0v) is 19.5. The summed E-state index contributed by atoms with van der Waals surface area (Å²) in [5.74, 6) is -0.233. The summed E-state index contributed by atoms with van der Waals surface area (Å²) in [6.07, 6.45) is 0. The first-order chi connectivity index (χ1) is 15.2. The molecule has 166 valence electrons. The smallest absolute Gasteiger partial charge is 0.338 e. The number of nitrogens with zero attached hydrogens (tertiary/aromatic N) is 1. The quantitative estimate of drug-likeness (QED) is 0.634. The average Bonchev–Trinajstić information content (AvgIpc) is 2.74. The Morgan fingerprint density at radius 2 is 1.94 bits per heavy atom. The second-order valence-electron chi connectivity index (χ2n) is 7.72. The van der Waals surface area contributed by atoms with Gasteiger partial charge in [-0.1, -0.05) is 29.3 Å². The highest BCUT2D eigenvalue weighted by molar-refractivity contribution is 6.30. The molecule has 6 nitrogen and oxygen atoms in total. The van der Waals surface area contributed by atoms with Crippen LogP contribution in [0.5, 0.6) is 5.75 Å². The standard InChI is InChI=1S/C25H25ClN2O4/c1-13-8-17(12-31-21-7-6-18(26)10-14(21)2)15(3)19(9-13)23-20(11-27)24(28)32-16(4)22(23)25(29)30-5/h6-10,23H,12,28H2,1-5H3/t23-/m0/s1. The third kappa shape index (κ3) is 4.44.